The Kier molecular flexibility index (Phi) is 4.55. The second-order valence-electron chi connectivity index (χ2n) is 5.95. The molecule has 1 fully saturated rings. The van der Waals surface area contributed by atoms with Crippen molar-refractivity contribution < 1.29 is 22.7 Å². The number of aryl methyl sites for hydroxylation is 2. The molecule has 10 heteroatoms. The average molecular weight is 380 g/mol. The number of phenols is 1. The lowest BCUT2D eigenvalue weighted by molar-refractivity contribution is -0.115. The topological polar surface area (TPSA) is 112 Å². The number of halogens is 1. The highest BCUT2D eigenvalue weighted by Gasteiger charge is 2.39. The molecule has 26 heavy (non-hydrogen) atoms. The number of phenolic OH excluding ortho intramolecular Hbond substituents is 1. The fourth-order valence-corrected chi connectivity index (χ4v) is 3.92. The Morgan fingerprint density at radius 2 is 2.04 bits per heavy atom. The number of hydrogen-bond donors (Lipinski definition) is 3. The molecule has 3 N–H and O–H groups in total. The smallest absolute Gasteiger partial charge is 0.308 e. The molecule has 1 saturated heterocycles. The number of amides is 1. The predicted octanol–water partition coefficient (Wildman–Crippen LogP) is 1.34. The fourth-order valence-electron chi connectivity index (χ4n) is 2.73. The standard InChI is InChI=1S/C16H17FN4O4S/c1-9-3-10(2)20-14(4-9)18-7-11-5-12(17)16(13(22)6-11)21-15(23)8-19-26(21,24)25/h3-6,19,22H,7-8H2,1-2H3,(H,18,20). The predicted molar refractivity (Wildman–Crippen MR) is 93.5 cm³/mol. The van der Waals surface area contributed by atoms with E-state index in [4.69, 9.17) is 0 Å². The quantitative estimate of drug-likeness (QED) is 0.738. The first-order valence-electron chi connectivity index (χ1n) is 7.70. The number of hydrogen-bond acceptors (Lipinski definition) is 6. The van der Waals surface area contributed by atoms with Gasteiger partial charge >= 0.3 is 10.2 Å². The molecule has 1 amide bonds. The van der Waals surface area contributed by atoms with E-state index in [0.29, 0.717) is 11.4 Å². The van der Waals surface area contributed by atoms with E-state index in [1.807, 2.05) is 30.7 Å². The lowest BCUT2D eigenvalue weighted by Crippen LogP contribution is -2.32. The van der Waals surface area contributed by atoms with Crippen molar-refractivity contribution in [3.63, 3.8) is 0 Å². The third-order valence-corrected chi connectivity index (χ3v) is 5.13. The Balaban J connectivity index is 1.87. The molecule has 1 aliphatic heterocycles. The number of carbonyl (C=O) groups is 1. The fraction of sp³-hybridized carbons (Fsp3) is 0.250. The average Bonchev–Trinajstić information content (AvgIpc) is 2.78. The van der Waals surface area contributed by atoms with E-state index in [1.165, 1.54) is 6.07 Å². The van der Waals surface area contributed by atoms with Crippen molar-refractivity contribution in [2.75, 3.05) is 16.2 Å². The molecule has 1 aliphatic rings. The molecule has 0 radical (unpaired) electrons. The monoisotopic (exact) mass is 380 g/mol. The van der Waals surface area contributed by atoms with Gasteiger partial charge in [0.15, 0.2) is 5.82 Å². The molecule has 8 nitrogen and oxygen atoms in total. The zero-order valence-electron chi connectivity index (χ0n) is 14.1. The van der Waals surface area contributed by atoms with Crippen LogP contribution in [0.1, 0.15) is 16.8 Å². The SMILES string of the molecule is Cc1cc(C)nc(NCc2cc(O)c(N3C(=O)CNS3(=O)=O)c(F)c2)c1. The Hall–Kier alpha value is -2.72. The van der Waals surface area contributed by atoms with Crippen molar-refractivity contribution in [2.45, 2.75) is 20.4 Å². The van der Waals surface area contributed by atoms with Crippen LogP contribution in [-0.2, 0) is 21.5 Å². The summed E-state index contributed by atoms with van der Waals surface area (Å²) in [4.78, 5) is 16.0. The lowest BCUT2D eigenvalue weighted by atomic mass is 10.1. The van der Waals surface area contributed by atoms with Crippen LogP contribution in [0, 0.1) is 19.7 Å². The second-order valence-corrected chi connectivity index (χ2v) is 7.56. The molecule has 0 bridgehead atoms. The zero-order chi connectivity index (χ0) is 19.1. The number of anilines is 2. The number of benzene rings is 1. The van der Waals surface area contributed by atoms with Crippen LogP contribution in [0.2, 0.25) is 0 Å². The number of pyridine rings is 1. The minimum Gasteiger partial charge on any atom is -0.506 e. The number of aromatic nitrogens is 1. The van der Waals surface area contributed by atoms with Crippen molar-refractivity contribution in [2.24, 2.45) is 0 Å². The van der Waals surface area contributed by atoms with Crippen molar-refractivity contribution >= 4 is 27.6 Å². The molecule has 2 heterocycles. The van der Waals surface area contributed by atoms with Gasteiger partial charge in [0.25, 0.3) is 5.91 Å². The molecule has 1 aromatic heterocycles. The van der Waals surface area contributed by atoms with Crippen LogP contribution < -0.4 is 14.3 Å². The Bertz CT molecular complexity index is 950. The minimum absolute atomic E-state index is 0.152. The summed E-state index contributed by atoms with van der Waals surface area (Å²) < 4.78 is 40.3. The van der Waals surface area contributed by atoms with Gasteiger partial charge < -0.3 is 10.4 Å². The molecule has 0 spiro atoms. The largest absolute Gasteiger partial charge is 0.506 e. The van der Waals surface area contributed by atoms with E-state index in [2.05, 4.69) is 10.3 Å². The van der Waals surface area contributed by atoms with E-state index in [0.717, 1.165) is 17.3 Å². The number of carbonyl (C=O) groups excluding carboxylic acids is 1. The molecule has 3 rings (SSSR count). The summed E-state index contributed by atoms with van der Waals surface area (Å²) in [5.41, 5.74) is 1.51. The summed E-state index contributed by atoms with van der Waals surface area (Å²) in [6, 6.07) is 5.99. The first kappa shape index (κ1) is 18.1. The van der Waals surface area contributed by atoms with Gasteiger partial charge in [-0.2, -0.15) is 17.4 Å². The van der Waals surface area contributed by atoms with Crippen LogP contribution in [0.3, 0.4) is 0 Å². The summed E-state index contributed by atoms with van der Waals surface area (Å²) in [5, 5.41) is 13.1. The minimum atomic E-state index is -4.20. The molecule has 0 atom stereocenters. The van der Waals surface area contributed by atoms with Gasteiger partial charge in [-0.3, -0.25) is 4.79 Å². The highest BCUT2D eigenvalue weighted by atomic mass is 32.2. The molecule has 0 aliphatic carbocycles. The van der Waals surface area contributed by atoms with Gasteiger partial charge in [0.2, 0.25) is 0 Å². The number of nitrogens with zero attached hydrogens (tertiary/aromatic N) is 2. The maximum Gasteiger partial charge on any atom is 0.308 e. The molecule has 138 valence electrons. The third kappa shape index (κ3) is 3.46. The molecular weight excluding hydrogens is 363 g/mol. The maximum absolute atomic E-state index is 14.4. The van der Waals surface area contributed by atoms with Gasteiger partial charge in [0.05, 0.1) is 6.54 Å². The van der Waals surface area contributed by atoms with Crippen molar-refractivity contribution in [3.05, 3.63) is 46.9 Å². The van der Waals surface area contributed by atoms with E-state index in [-0.39, 0.29) is 10.8 Å². The molecule has 0 unspecified atom stereocenters. The van der Waals surface area contributed by atoms with E-state index in [9.17, 15) is 22.7 Å². The van der Waals surface area contributed by atoms with Crippen LogP contribution in [0.15, 0.2) is 24.3 Å². The van der Waals surface area contributed by atoms with Crippen molar-refractivity contribution in [3.8, 4) is 5.75 Å². The highest BCUT2D eigenvalue weighted by molar-refractivity contribution is 7.92. The van der Waals surface area contributed by atoms with Crippen LogP contribution in [0.5, 0.6) is 5.75 Å². The van der Waals surface area contributed by atoms with E-state index < -0.39 is 39.9 Å². The zero-order valence-corrected chi connectivity index (χ0v) is 14.9. The number of aromatic hydroxyl groups is 1. The Morgan fingerprint density at radius 3 is 2.62 bits per heavy atom. The number of nitrogens with one attached hydrogen (secondary N) is 2. The van der Waals surface area contributed by atoms with Crippen LogP contribution in [0.25, 0.3) is 0 Å². The molecule has 2 aromatic rings. The van der Waals surface area contributed by atoms with Crippen molar-refractivity contribution in [1.82, 2.24) is 9.71 Å². The summed E-state index contributed by atoms with van der Waals surface area (Å²) in [7, 11) is -4.20. The van der Waals surface area contributed by atoms with Crippen LogP contribution in [-0.4, -0.2) is 31.0 Å². The van der Waals surface area contributed by atoms with E-state index >= 15 is 0 Å². The first-order valence-corrected chi connectivity index (χ1v) is 9.14. The maximum atomic E-state index is 14.4. The summed E-state index contributed by atoms with van der Waals surface area (Å²) in [6.07, 6.45) is 0. The van der Waals surface area contributed by atoms with Gasteiger partial charge in [0, 0.05) is 12.2 Å². The lowest BCUT2D eigenvalue weighted by Gasteiger charge is -2.17. The Morgan fingerprint density at radius 1 is 1.31 bits per heavy atom. The Labute approximate surface area is 149 Å². The van der Waals surface area contributed by atoms with Crippen molar-refractivity contribution in [1.29, 1.82) is 0 Å². The summed E-state index contributed by atoms with van der Waals surface area (Å²) in [6.45, 7) is 3.43. The highest BCUT2D eigenvalue weighted by Crippen LogP contribution is 2.34. The van der Waals surface area contributed by atoms with Gasteiger partial charge in [-0.15, -0.1) is 0 Å². The molecule has 1 aromatic carbocycles. The normalized spacial score (nSPS) is 16.1. The van der Waals surface area contributed by atoms with Gasteiger partial charge in [-0.1, -0.05) is 0 Å². The summed E-state index contributed by atoms with van der Waals surface area (Å²) >= 11 is 0. The second kappa shape index (κ2) is 6.54. The number of rotatable bonds is 4. The first-order chi connectivity index (χ1) is 12.2. The molecular formula is C16H17FN4O4S. The summed E-state index contributed by atoms with van der Waals surface area (Å²) in [5.74, 6) is -1.94. The third-order valence-electron chi connectivity index (χ3n) is 3.75. The van der Waals surface area contributed by atoms with Gasteiger partial charge in [0.1, 0.15) is 17.3 Å². The van der Waals surface area contributed by atoms with Crippen LogP contribution in [0.4, 0.5) is 15.9 Å². The van der Waals surface area contributed by atoms with Gasteiger partial charge in [-0.05, 0) is 49.2 Å². The molecule has 0 saturated carbocycles. The van der Waals surface area contributed by atoms with E-state index in [1.54, 1.807) is 0 Å². The van der Waals surface area contributed by atoms with Gasteiger partial charge in [-0.25, -0.2) is 9.37 Å². The van der Waals surface area contributed by atoms with Crippen LogP contribution >= 0.6 is 0 Å².